The molecule has 0 aliphatic rings. The third kappa shape index (κ3) is 14.8. The predicted octanol–water partition coefficient (Wildman–Crippen LogP) is 2.26. The third-order valence-corrected chi connectivity index (χ3v) is 3.33. The summed E-state index contributed by atoms with van der Waals surface area (Å²) in [6.07, 6.45) is 1.01. The third-order valence-electron chi connectivity index (χ3n) is 3.33. The number of hydrogen-bond acceptors (Lipinski definition) is 3. The largest absolute Gasteiger partial charge is 0.673 e. The van der Waals surface area contributed by atoms with Gasteiger partial charge in [0.1, 0.15) is 18.9 Å². The second kappa shape index (κ2) is 12.7. The van der Waals surface area contributed by atoms with Crippen LogP contribution in [0.5, 0.6) is 0 Å². The van der Waals surface area contributed by atoms with Gasteiger partial charge in [0.05, 0.1) is 13.1 Å². The maximum Gasteiger partial charge on any atom is 0.673 e. The summed E-state index contributed by atoms with van der Waals surface area (Å²) in [4.78, 5) is 20.3. The highest BCUT2D eigenvalue weighted by atomic mass is 19.5. The predicted molar refractivity (Wildman–Crippen MR) is 101 cm³/mol. The summed E-state index contributed by atoms with van der Waals surface area (Å²) >= 11 is 0. The standard InChI is InChI=1S/C15H20N4O.C2HF3O2.BF4/c1-12(16)15(20)17-9-13-3-5-14(6-4-13)10-19-8-7-18(2)11-19;3-2(4,5)1(6)7;2-1(3,4)5/h3-8,11-12H,9-10,16H2,1-2H3;(H,6,7);/q;;-1/p+1/t12-;;/m0../s1. The summed E-state index contributed by atoms with van der Waals surface area (Å²) in [5.74, 6) is -2.89. The van der Waals surface area contributed by atoms with Crippen molar-refractivity contribution in [2.75, 3.05) is 0 Å². The van der Waals surface area contributed by atoms with Crippen molar-refractivity contribution in [1.82, 2.24) is 9.88 Å². The van der Waals surface area contributed by atoms with Crippen LogP contribution in [0.3, 0.4) is 0 Å². The average Bonchev–Trinajstić information content (AvgIpc) is 3.04. The number of halogens is 7. The normalized spacial score (nSPS) is 11.9. The molecule has 7 nitrogen and oxygen atoms in total. The van der Waals surface area contributed by atoms with Gasteiger partial charge in [-0.25, -0.2) is 13.9 Å². The lowest BCUT2D eigenvalue weighted by molar-refractivity contribution is -0.671. The van der Waals surface area contributed by atoms with Crippen LogP contribution in [0.15, 0.2) is 43.0 Å². The maximum absolute atomic E-state index is 11.4. The minimum Gasteiger partial charge on any atom is -0.475 e. The molecule has 0 bridgehead atoms. The molecule has 0 saturated heterocycles. The zero-order chi connectivity index (χ0) is 25.1. The number of aliphatic carboxylic acids is 1. The van der Waals surface area contributed by atoms with Crippen LogP contribution in [0.4, 0.5) is 30.4 Å². The molecule has 0 aliphatic heterocycles. The first-order valence-electron chi connectivity index (χ1n) is 8.78. The zero-order valence-corrected chi connectivity index (χ0v) is 17.0. The van der Waals surface area contributed by atoms with Crippen molar-refractivity contribution in [3.8, 4) is 0 Å². The molecule has 2 aromatic rings. The number of aromatic nitrogens is 2. The second-order valence-corrected chi connectivity index (χ2v) is 6.37. The van der Waals surface area contributed by atoms with Gasteiger partial charge in [-0.15, -0.1) is 0 Å². The quantitative estimate of drug-likeness (QED) is 0.352. The van der Waals surface area contributed by atoms with Crippen LogP contribution in [0.25, 0.3) is 0 Å². The molecule has 4 N–H and O–H groups in total. The monoisotopic (exact) mass is 474 g/mol. The van der Waals surface area contributed by atoms with E-state index in [-0.39, 0.29) is 5.91 Å². The molecule has 32 heavy (non-hydrogen) atoms. The molecule has 0 aliphatic carbocycles. The summed E-state index contributed by atoms with van der Waals surface area (Å²) in [7, 11) is -4.00. The van der Waals surface area contributed by atoms with E-state index in [0.29, 0.717) is 6.54 Å². The van der Waals surface area contributed by atoms with Gasteiger partial charge in [0, 0.05) is 6.54 Å². The van der Waals surface area contributed by atoms with Crippen molar-refractivity contribution in [2.24, 2.45) is 12.8 Å². The molecule has 2 rings (SSSR count). The number of carbonyl (C=O) groups excluding carboxylic acids is 1. The number of aryl methyl sites for hydroxylation is 1. The fourth-order valence-corrected chi connectivity index (χ4v) is 1.92. The average molecular weight is 474 g/mol. The number of rotatable bonds is 5. The van der Waals surface area contributed by atoms with Crippen LogP contribution in [0, 0.1) is 0 Å². The molecule has 1 heterocycles. The Morgan fingerprint density at radius 1 is 1.16 bits per heavy atom. The fourth-order valence-electron chi connectivity index (χ4n) is 1.92. The Morgan fingerprint density at radius 2 is 1.59 bits per heavy atom. The molecule has 1 aromatic carbocycles. The summed E-state index contributed by atoms with van der Waals surface area (Å²) in [6, 6.07) is 7.74. The van der Waals surface area contributed by atoms with Gasteiger partial charge in [0.25, 0.3) is 0 Å². The van der Waals surface area contributed by atoms with Gasteiger partial charge < -0.3 is 33.4 Å². The van der Waals surface area contributed by atoms with Crippen LogP contribution in [0.1, 0.15) is 18.1 Å². The fraction of sp³-hybridized carbons (Fsp3) is 0.353. The van der Waals surface area contributed by atoms with Crippen molar-refractivity contribution in [2.45, 2.75) is 32.2 Å². The molecule has 0 radical (unpaired) electrons. The van der Waals surface area contributed by atoms with E-state index in [1.54, 1.807) is 6.92 Å². The van der Waals surface area contributed by atoms with E-state index >= 15 is 0 Å². The van der Waals surface area contributed by atoms with Gasteiger partial charge in [-0.3, -0.25) is 4.79 Å². The molecule has 0 spiro atoms. The molecule has 0 saturated carbocycles. The SMILES string of the molecule is C[C@H](N)C(=O)NCc1ccc(Cn2cc[n+](C)c2)cc1.F[B-](F)(F)F.O=C(O)C(F)(F)F. The number of nitrogens with two attached hydrogens (primary N) is 1. The van der Waals surface area contributed by atoms with Crippen LogP contribution in [0.2, 0.25) is 0 Å². The van der Waals surface area contributed by atoms with E-state index in [4.69, 9.17) is 15.6 Å². The van der Waals surface area contributed by atoms with Crippen molar-refractivity contribution in [1.29, 1.82) is 0 Å². The highest BCUT2D eigenvalue weighted by Crippen LogP contribution is 2.13. The molecule has 1 aromatic heterocycles. The van der Waals surface area contributed by atoms with E-state index in [2.05, 4.69) is 22.0 Å². The lowest BCUT2D eigenvalue weighted by Crippen LogP contribution is -2.37. The Balaban J connectivity index is 0.000000663. The van der Waals surface area contributed by atoms with Gasteiger partial charge in [0.15, 0.2) is 0 Å². The smallest absolute Gasteiger partial charge is 0.475 e. The lowest BCUT2D eigenvalue weighted by atomic mass is 10.1. The molecule has 180 valence electrons. The number of carbonyl (C=O) groups is 2. The molecular formula is C17H22BF7N4O3. The highest BCUT2D eigenvalue weighted by molar-refractivity contribution is 6.50. The Hall–Kier alpha value is -3.10. The van der Waals surface area contributed by atoms with Crippen molar-refractivity contribution < 1.29 is 49.7 Å². The molecular weight excluding hydrogens is 452 g/mol. The van der Waals surface area contributed by atoms with Gasteiger partial charge >= 0.3 is 19.4 Å². The summed E-state index contributed by atoms with van der Waals surface area (Å²) < 4.78 is 74.9. The number of hydrogen-bond donors (Lipinski definition) is 3. The summed E-state index contributed by atoms with van der Waals surface area (Å²) in [6.45, 7) is 3.03. The second-order valence-electron chi connectivity index (χ2n) is 6.37. The number of benzene rings is 1. The number of carboxylic acids is 1. The number of carboxylic acid groups (broad SMARTS) is 1. The first kappa shape index (κ1) is 28.9. The minimum absolute atomic E-state index is 0.131. The van der Waals surface area contributed by atoms with E-state index in [0.717, 1.165) is 12.1 Å². The van der Waals surface area contributed by atoms with Crippen molar-refractivity contribution in [3.05, 3.63) is 54.1 Å². The van der Waals surface area contributed by atoms with Crippen LogP contribution in [-0.4, -0.2) is 41.0 Å². The topological polar surface area (TPSA) is 101 Å². The molecule has 1 atom stereocenters. The van der Waals surface area contributed by atoms with Gasteiger partial charge in [-0.1, -0.05) is 24.3 Å². The number of amides is 1. The van der Waals surface area contributed by atoms with Crippen LogP contribution in [-0.2, 0) is 29.7 Å². The van der Waals surface area contributed by atoms with Crippen molar-refractivity contribution in [3.63, 3.8) is 0 Å². The van der Waals surface area contributed by atoms with Gasteiger partial charge in [-0.2, -0.15) is 13.2 Å². The Bertz CT molecular complexity index is 847. The highest BCUT2D eigenvalue weighted by Gasteiger charge is 2.38. The van der Waals surface area contributed by atoms with Gasteiger partial charge in [-0.05, 0) is 18.1 Å². The van der Waals surface area contributed by atoms with E-state index in [1.807, 2.05) is 42.5 Å². The number of alkyl halides is 3. The Labute approximate surface area is 178 Å². The van der Waals surface area contributed by atoms with Crippen molar-refractivity contribution >= 4 is 19.1 Å². The molecule has 0 unspecified atom stereocenters. The van der Waals surface area contributed by atoms with E-state index in [1.165, 1.54) is 5.56 Å². The summed E-state index contributed by atoms with van der Waals surface area (Å²) in [5, 5.41) is 9.92. The Kier molecular flexibility index (Phi) is 11.5. The van der Waals surface area contributed by atoms with E-state index < -0.39 is 25.4 Å². The minimum atomic E-state index is -6.00. The molecule has 0 fully saturated rings. The number of nitrogens with zero attached hydrogens (tertiary/aromatic N) is 2. The number of imidazole rings is 1. The van der Waals surface area contributed by atoms with Crippen LogP contribution >= 0.6 is 0 Å². The summed E-state index contributed by atoms with van der Waals surface area (Å²) in [5.41, 5.74) is 7.79. The maximum atomic E-state index is 11.4. The molecule has 1 amide bonds. The molecule has 15 heteroatoms. The van der Waals surface area contributed by atoms with Crippen LogP contribution < -0.4 is 15.6 Å². The zero-order valence-electron chi connectivity index (χ0n) is 17.0. The number of nitrogens with one attached hydrogen (secondary N) is 1. The Morgan fingerprint density at radius 3 is 1.94 bits per heavy atom. The van der Waals surface area contributed by atoms with E-state index in [9.17, 15) is 35.2 Å². The lowest BCUT2D eigenvalue weighted by Gasteiger charge is -2.08. The first-order valence-corrected chi connectivity index (χ1v) is 8.78. The van der Waals surface area contributed by atoms with Gasteiger partial charge in [0.2, 0.25) is 12.2 Å². The first-order chi connectivity index (χ1) is 14.5.